The smallest absolute Gasteiger partial charge is 0.166 e. The highest BCUT2D eigenvalue weighted by Crippen LogP contribution is 2.25. The maximum Gasteiger partial charge on any atom is 0.416 e. The Labute approximate surface area is 77.1 Å². The fourth-order valence-electron chi connectivity index (χ4n) is 0.665. The minimum Gasteiger partial charge on any atom is -0.166 e. The van der Waals surface area contributed by atoms with E-state index in [-0.39, 0.29) is 0 Å². The molecular weight excluding hydrogens is 176 g/mol. The van der Waals surface area contributed by atoms with Crippen molar-refractivity contribution in [1.29, 1.82) is 0 Å². The number of alkyl halides is 3. The summed E-state index contributed by atoms with van der Waals surface area (Å²) >= 11 is 0. The summed E-state index contributed by atoms with van der Waals surface area (Å²) in [5.74, 6) is 0. The Morgan fingerprint density at radius 1 is 1.46 bits per heavy atom. The van der Waals surface area contributed by atoms with Gasteiger partial charge in [0.1, 0.15) is 7.28 Å². The molecule has 0 heterocycles. The lowest BCUT2D eigenvalue weighted by molar-refractivity contribution is -0.0881. The third-order valence-electron chi connectivity index (χ3n) is 1.33. The molecule has 0 aliphatic heterocycles. The van der Waals surface area contributed by atoms with Crippen LogP contribution in [0.3, 0.4) is 0 Å². The molecule has 0 aromatic rings. The minimum atomic E-state index is -4.30. The first-order valence-electron chi connectivity index (χ1n) is 3.86. The second-order valence-electron chi connectivity index (χ2n) is 2.40. The Kier molecular flexibility index (Phi) is 5.27. The number of hydrogen-bond donors (Lipinski definition) is 0. The van der Waals surface area contributed by atoms with Crippen molar-refractivity contribution in [2.24, 2.45) is 0 Å². The Morgan fingerprint density at radius 3 is 2.46 bits per heavy atom. The summed E-state index contributed by atoms with van der Waals surface area (Å²) in [6, 6.07) is 0. The second kappa shape index (κ2) is 5.67. The van der Waals surface area contributed by atoms with Crippen molar-refractivity contribution in [3.63, 3.8) is 0 Å². The van der Waals surface area contributed by atoms with Crippen molar-refractivity contribution in [3.8, 4) is 0 Å². The molecule has 0 atom stereocenters. The van der Waals surface area contributed by atoms with Crippen LogP contribution in [0.1, 0.15) is 0 Å². The molecule has 0 fully saturated rings. The predicted molar refractivity (Wildman–Crippen MR) is 49.9 cm³/mol. The third-order valence-corrected chi connectivity index (χ3v) is 1.33. The molecule has 13 heavy (non-hydrogen) atoms. The Bertz CT molecular complexity index is 213. The molecule has 1 radical (unpaired) electrons. The molecule has 0 N–H and O–H groups in total. The van der Waals surface area contributed by atoms with Crippen LogP contribution in [0.2, 0.25) is 13.1 Å². The van der Waals surface area contributed by atoms with Gasteiger partial charge in [-0.25, -0.2) is 0 Å². The van der Waals surface area contributed by atoms with Gasteiger partial charge in [0.05, 0.1) is 5.57 Å². The molecule has 0 amide bonds. The van der Waals surface area contributed by atoms with Crippen molar-refractivity contribution >= 4 is 7.28 Å². The average Bonchev–Trinajstić information content (AvgIpc) is 2.02. The topological polar surface area (TPSA) is 0 Å². The number of halogens is 3. The first kappa shape index (κ1) is 12.1. The van der Waals surface area contributed by atoms with Gasteiger partial charge in [0.2, 0.25) is 0 Å². The molecular formula is C9H11BF3. The number of rotatable bonds is 4. The fraction of sp³-hybridized carbons (Fsp3) is 0.333. The zero-order chi connectivity index (χ0) is 10.3. The van der Waals surface area contributed by atoms with E-state index in [2.05, 4.69) is 6.58 Å². The molecule has 0 aliphatic rings. The van der Waals surface area contributed by atoms with Crippen LogP contribution in [0.4, 0.5) is 13.2 Å². The third kappa shape index (κ3) is 5.34. The van der Waals surface area contributed by atoms with Gasteiger partial charge in [0, 0.05) is 0 Å². The van der Waals surface area contributed by atoms with Gasteiger partial charge in [-0.2, -0.15) is 13.2 Å². The SMILES string of the molecule is C=C/C(=C\C=C/C[B]C)C(F)(F)F. The van der Waals surface area contributed by atoms with Crippen LogP contribution in [0.25, 0.3) is 0 Å². The van der Waals surface area contributed by atoms with E-state index >= 15 is 0 Å². The summed E-state index contributed by atoms with van der Waals surface area (Å²) in [4.78, 5) is 0. The molecule has 0 nitrogen and oxygen atoms in total. The molecule has 4 heteroatoms. The zero-order valence-electron chi connectivity index (χ0n) is 7.43. The lowest BCUT2D eigenvalue weighted by Crippen LogP contribution is -2.09. The van der Waals surface area contributed by atoms with Crippen molar-refractivity contribution in [3.05, 3.63) is 36.5 Å². The molecule has 0 aliphatic carbocycles. The maximum absolute atomic E-state index is 12.0. The van der Waals surface area contributed by atoms with Crippen LogP contribution in [0, 0.1) is 0 Å². The summed E-state index contributed by atoms with van der Waals surface area (Å²) in [6.07, 6.45) is 1.21. The Hall–Kier alpha value is -0.925. The predicted octanol–water partition coefficient (Wildman–Crippen LogP) is 3.39. The summed E-state index contributed by atoms with van der Waals surface area (Å²) in [5, 5.41) is 0. The molecule has 0 aromatic carbocycles. The highest BCUT2D eigenvalue weighted by molar-refractivity contribution is 6.34. The van der Waals surface area contributed by atoms with Crippen molar-refractivity contribution in [2.45, 2.75) is 19.3 Å². The van der Waals surface area contributed by atoms with Crippen LogP contribution in [0.5, 0.6) is 0 Å². The van der Waals surface area contributed by atoms with Crippen molar-refractivity contribution in [2.75, 3.05) is 0 Å². The van der Waals surface area contributed by atoms with Gasteiger partial charge in [0.15, 0.2) is 0 Å². The first-order valence-corrected chi connectivity index (χ1v) is 3.86. The number of hydrogen-bond acceptors (Lipinski definition) is 0. The molecule has 0 bridgehead atoms. The molecule has 0 unspecified atom stereocenters. The van der Waals surface area contributed by atoms with E-state index in [0.717, 1.165) is 12.2 Å². The van der Waals surface area contributed by atoms with E-state index in [1.807, 2.05) is 14.1 Å². The monoisotopic (exact) mass is 187 g/mol. The molecule has 71 valence electrons. The maximum atomic E-state index is 12.0. The zero-order valence-corrected chi connectivity index (χ0v) is 7.43. The van der Waals surface area contributed by atoms with Gasteiger partial charge >= 0.3 is 6.18 Å². The van der Waals surface area contributed by atoms with Gasteiger partial charge in [-0.3, -0.25) is 0 Å². The second-order valence-corrected chi connectivity index (χ2v) is 2.40. The lowest BCUT2D eigenvalue weighted by Gasteiger charge is -2.04. The minimum absolute atomic E-state index is 0.665. The summed E-state index contributed by atoms with van der Waals surface area (Å²) in [6.45, 7) is 4.94. The van der Waals surface area contributed by atoms with Crippen LogP contribution in [-0.2, 0) is 0 Å². The highest BCUT2D eigenvalue weighted by atomic mass is 19.4. The summed E-state index contributed by atoms with van der Waals surface area (Å²) in [7, 11) is 1.85. The van der Waals surface area contributed by atoms with Gasteiger partial charge in [0.25, 0.3) is 0 Å². The van der Waals surface area contributed by atoms with E-state index in [9.17, 15) is 13.2 Å². The van der Waals surface area contributed by atoms with Crippen LogP contribution >= 0.6 is 0 Å². The highest BCUT2D eigenvalue weighted by Gasteiger charge is 2.30. The molecule has 0 saturated heterocycles. The van der Waals surface area contributed by atoms with Crippen LogP contribution < -0.4 is 0 Å². The van der Waals surface area contributed by atoms with Crippen molar-refractivity contribution in [1.82, 2.24) is 0 Å². The first-order chi connectivity index (χ1) is 6.02. The van der Waals surface area contributed by atoms with Gasteiger partial charge in [-0.1, -0.05) is 44.0 Å². The van der Waals surface area contributed by atoms with E-state index in [4.69, 9.17) is 0 Å². The number of allylic oxidation sites excluding steroid dienone is 5. The van der Waals surface area contributed by atoms with E-state index in [1.165, 1.54) is 6.08 Å². The largest absolute Gasteiger partial charge is 0.416 e. The van der Waals surface area contributed by atoms with E-state index in [1.54, 1.807) is 6.08 Å². The van der Waals surface area contributed by atoms with Gasteiger partial charge < -0.3 is 0 Å². The lowest BCUT2D eigenvalue weighted by atomic mass is 9.78. The van der Waals surface area contributed by atoms with Gasteiger partial charge in [-0.15, -0.1) is 0 Å². The standard InChI is InChI=1S/C9H11BF3/c1-3-8(9(11,12)13)6-4-5-7-10-2/h3-6H,1,7H2,2H3/b5-4-,8-6+. The molecule has 0 aromatic heterocycles. The van der Waals surface area contributed by atoms with E-state index < -0.39 is 11.7 Å². The van der Waals surface area contributed by atoms with Gasteiger partial charge in [-0.05, 0) is 0 Å². The Morgan fingerprint density at radius 2 is 2.08 bits per heavy atom. The summed E-state index contributed by atoms with van der Waals surface area (Å²) in [5.41, 5.74) is -0.722. The normalized spacial score (nSPS) is 13.4. The molecule has 0 saturated carbocycles. The van der Waals surface area contributed by atoms with Crippen LogP contribution in [-0.4, -0.2) is 13.5 Å². The van der Waals surface area contributed by atoms with E-state index in [0.29, 0.717) is 6.32 Å². The summed E-state index contributed by atoms with van der Waals surface area (Å²) < 4.78 is 36.1. The average molecular weight is 187 g/mol. The van der Waals surface area contributed by atoms with Crippen molar-refractivity contribution < 1.29 is 13.2 Å². The quantitative estimate of drug-likeness (QED) is 0.467. The molecule has 0 spiro atoms. The fourth-order valence-corrected chi connectivity index (χ4v) is 0.665. The Balaban J connectivity index is 4.32. The van der Waals surface area contributed by atoms with Crippen LogP contribution in [0.15, 0.2) is 36.5 Å². The molecule has 0 rings (SSSR count).